The SMILES string of the molecule is CCOC(=O)C1(C#N)C(c2ccc(Br)cc2)C(C(=O)C(C)(C)C)N2c3ccccc3C=CC21. The molecule has 2 heterocycles. The number of nitrogens with zero attached hydrogens (tertiary/aromatic N) is 2. The Morgan fingerprint density at radius 3 is 2.42 bits per heavy atom. The van der Waals surface area contributed by atoms with Gasteiger partial charge in [-0.05, 0) is 36.2 Å². The van der Waals surface area contributed by atoms with Crippen molar-refractivity contribution in [3.05, 3.63) is 70.2 Å². The van der Waals surface area contributed by atoms with Crippen LogP contribution in [0, 0.1) is 22.2 Å². The molecule has 0 aromatic heterocycles. The van der Waals surface area contributed by atoms with E-state index in [2.05, 4.69) is 22.0 Å². The number of fused-ring (bicyclic) bond motifs is 3. The number of nitriles is 1. The van der Waals surface area contributed by atoms with Crippen molar-refractivity contribution in [2.45, 2.75) is 45.7 Å². The lowest BCUT2D eigenvalue weighted by atomic mass is 9.67. The molecule has 0 N–H and O–H groups in total. The fraction of sp³-hybridized carbons (Fsp3) is 0.370. The Balaban J connectivity index is 2.05. The number of rotatable bonds is 4. The number of esters is 1. The Morgan fingerprint density at radius 1 is 1.15 bits per heavy atom. The largest absolute Gasteiger partial charge is 0.465 e. The summed E-state index contributed by atoms with van der Waals surface area (Å²) < 4.78 is 6.38. The maximum Gasteiger partial charge on any atom is 0.329 e. The molecule has 4 atom stereocenters. The standard InChI is InChI=1S/C27H27BrN2O3/c1-5-33-25(32)27(16-29)21-15-12-17-8-6-7-9-20(17)30(21)23(24(31)26(2,3)4)22(27)18-10-13-19(28)14-11-18/h6-15,21-23H,5H2,1-4H3. The maximum atomic E-state index is 14.0. The zero-order chi connectivity index (χ0) is 24.0. The third kappa shape index (κ3) is 3.59. The maximum absolute atomic E-state index is 14.0. The number of para-hydroxylation sites is 1. The van der Waals surface area contributed by atoms with Crippen molar-refractivity contribution in [2.24, 2.45) is 10.8 Å². The third-order valence-electron chi connectivity index (χ3n) is 6.58. The molecule has 0 saturated carbocycles. The van der Waals surface area contributed by atoms with Gasteiger partial charge in [0.1, 0.15) is 0 Å². The van der Waals surface area contributed by atoms with E-state index >= 15 is 0 Å². The van der Waals surface area contributed by atoms with Crippen molar-refractivity contribution in [1.82, 2.24) is 0 Å². The molecule has 2 aliphatic heterocycles. The summed E-state index contributed by atoms with van der Waals surface area (Å²) in [7, 11) is 0. The van der Waals surface area contributed by atoms with Gasteiger partial charge in [-0.15, -0.1) is 0 Å². The van der Waals surface area contributed by atoms with Crippen LogP contribution < -0.4 is 4.90 Å². The molecule has 0 spiro atoms. The van der Waals surface area contributed by atoms with Crippen LogP contribution in [0.5, 0.6) is 0 Å². The molecule has 4 unspecified atom stereocenters. The van der Waals surface area contributed by atoms with Gasteiger partial charge in [0.05, 0.1) is 24.8 Å². The first-order valence-corrected chi connectivity index (χ1v) is 11.9. The van der Waals surface area contributed by atoms with Gasteiger partial charge in [-0.3, -0.25) is 9.59 Å². The Bertz CT molecular complexity index is 1160. The van der Waals surface area contributed by atoms with Crippen LogP contribution >= 0.6 is 15.9 Å². The first-order chi connectivity index (χ1) is 15.7. The van der Waals surface area contributed by atoms with Crippen LogP contribution in [-0.4, -0.2) is 30.4 Å². The third-order valence-corrected chi connectivity index (χ3v) is 7.11. The first kappa shape index (κ1) is 23.3. The van der Waals surface area contributed by atoms with Crippen LogP contribution in [0.3, 0.4) is 0 Å². The zero-order valence-corrected chi connectivity index (χ0v) is 20.8. The molecule has 1 saturated heterocycles. The molecule has 170 valence electrons. The van der Waals surface area contributed by atoms with E-state index in [9.17, 15) is 14.9 Å². The van der Waals surface area contributed by atoms with Gasteiger partial charge >= 0.3 is 5.97 Å². The van der Waals surface area contributed by atoms with Crippen LogP contribution in [0.15, 0.2) is 59.1 Å². The number of halogens is 1. The van der Waals surface area contributed by atoms with E-state index in [1.165, 1.54) is 0 Å². The van der Waals surface area contributed by atoms with Crippen LogP contribution in [-0.2, 0) is 14.3 Å². The summed E-state index contributed by atoms with van der Waals surface area (Å²) in [4.78, 5) is 29.6. The zero-order valence-electron chi connectivity index (χ0n) is 19.2. The summed E-state index contributed by atoms with van der Waals surface area (Å²) in [5, 5.41) is 10.7. The predicted octanol–water partition coefficient (Wildman–Crippen LogP) is 5.51. The highest BCUT2D eigenvalue weighted by Gasteiger charge is 2.67. The second-order valence-electron chi connectivity index (χ2n) is 9.56. The molecule has 6 heteroatoms. The molecule has 2 aliphatic rings. The summed E-state index contributed by atoms with van der Waals surface area (Å²) in [5.74, 6) is -1.32. The Labute approximate surface area is 203 Å². The van der Waals surface area contributed by atoms with Gasteiger partial charge in [0.15, 0.2) is 11.2 Å². The summed E-state index contributed by atoms with van der Waals surface area (Å²) in [6.45, 7) is 7.52. The van der Waals surface area contributed by atoms with Crippen LogP contribution in [0.4, 0.5) is 5.69 Å². The lowest BCUT2D eigenvalue weighted by molar-refractivity contribution is -0.152. The molecular weight excluding hydrogens is 480 g/mol. The van der Waals surface area contributed by atoms with Gasteiger partial charge in [0, 0.05) is 21.5 Å². The van der Waals surface area contributed by atoms with Crippen molar-refractivity contribution < 1.29 is 14.3 Å². The molecule has 0 amide bonds. The fourth-order valence-corrected chi connectivity index (χ4v) is 5.37. The lowest BCUT2D eigenvalue weighted by Crippen LogP contribution is -2.48. The molecule has 2 aromatic carbocycles. The molecule has 0 bridgehead atoms. The van der Waals surface area contributed by atoms with E-state index in [4.69, 9.17) is 4.74 Å². The monoisotopic (exact) mass is 506 g/mol. The van der Waals surface area contributed by atoms with Gasteiger partial charge in [-0.2, -0.15) is 5.26 Å². The number of ketones is 1. The Hall–Kier alpha value is -2.91. The number of hydrogen-bond acceptors (Lipinski definition) is 5. The second-order valence-corrected chi connectivity index (χ2v) is 10.5. The smallest absolute Gasteiger partial charge is 0.329 e. The molecular formula is C27H27BrN2O3. The van der Waals surface area contributed by atoms with E-state index in [0.29, 0.717) is 0 Å². The Kier molecular flexibility index (Phi) is 5.96. The first-order valence-electron chi connectivity index (χ1n) is 11.1. The Morgan fingerprint density at radius 2 is 1.82 bits per heavy atom. The predicted molar refractivity (Wildman–Crippen MR) is 132 cm³/mol. The van der Waals surface area contributed by atoms with E-state index in [-0.39, 0.29) is 12.4 Å². The van der Waals surface area contributed by atoms with Crippen molar-refractivity contribution in [3.8, 4) is 6.07 Å². The van der Waals surface area contributed by atoms with Gasteiger partial charge < -0.3 is 9.64 Å². The summed E-state index contributed by atoms with van der Waals surface area (Å²) in [5.41, 5.74) is 0.290. The fourth-order valence-electron chi connectivity index (χ4n) is 5.10. The molecule has 0 aliphatic carbocycles. The van der Waals surface area contributed by atoms with Crippen LogP contribution in [0.25, 0.3) is 6.08 Å². The van der Waals surface area contributed by atoms with E-state index in [1.807, 2.05) is 86.4 Å². The number of Topliss-reactive ketones (excluding diaryl/α,β-unsaturated/α-hetero) is 1. The molecule has 2 aromatic rings. The highest BCUT2D eigenvalue weighted by Crippen LogP contribution is 2.57. The average Bonchev–Trinajstić information content (AvgIpc) is 3.10. The van der Waals surface area contributed by atoms with E-state index in [0.717, 1.165) is 21.3 Å². The van der Waals surface area contributed by atoms with Gasteiger partial charge in [0.2, 0.25) is 0 Å². The highest BCUT2D eigenvalue weighted by molar-refractivity contribution is 9.10. The molecule has 1 fully saturated rings. The number of anilines is 1. The molecule has 0 radical (unpaired) electrons. The second kappa shape index (κ2) is 8.46. The minimum Gasteiger partial charge on any atom is -0.465 e. The van der Waals surface area contributed by atoms with Crippen LogP contribution in [0.1, 0.15) is 44.7 Å². The summed E-state index contributed by atoms with van der Waals surface area (Å²) in [6, 6.07) is 16.3. The van der Waals surface area contributed by atoms with Crippen molar-refractivity contribution in [2.75, 3.05) is 11.5 Å². The molecule has 4 rings (SSSR count). The number of carbonyl (C=O) groups is 2. The summed E-state index contributed by atoms with van der Waals surface area (Å²) in [6.07, 6.45) is 3.81. The minimum absolute atomic E-state index is 0.0213. The average molecular weight is 507 g/mol. The van der Waals surface area contributed by atoms with Gasteiger partial charge in [-0.1, -0.05) is 79.2 Å². The van der Waals surface area contributed by atoms with Crippen molar-refractivity contribution in [3.63, 3.8) is 0 Å². The lowest BCUT2D eigenvalue weighted by Gasteiger charge is -2.37. The number of ether oxygens (including phenoxy) is 1. The molecule has 33 heavy (non-hydrogen) atoms. The van der Waals surface area contributed by atoms with E-state index in [1.54, 1.807) is 6.92 Å². The van der Waals surface area contributed by atoms with Gasteiger partial charge in [0.25, 0.3) is 0 Å². The quantitative estimate of drug-likeness (QED) is 0.511. The van der Waals surface area contributed by atoms with Crippen LogP contribution in [0.2, 0.25) is 0 Å². The van der Waals surface area contributed by atoms with Gasteiger partial charge in [-0.25, -0.2) is 0 Å². The normalized spacial score (nSPS) is 25.7. The summed E-state index contributed by atoms with van der Waals surface area (Å²) >= 11 is 3.47. The topological polar surface area (TPSA) is 70.4 Å². The number of benzene rings is 2. The number of hydrogen-bond donors (Lipinski definition) is 0. The van der Waals surface area contributed by atoms with Crippen molar-refractivity contribution >= 4 is 39.4 Å². The number of carbonyl (C=O) groups excluding carboxylic acids is 2. The van der Waals surface area contributed by atoms with E-state index < -0.39 is 34.8 Å². The molecule has 5 nitrogen and oxygen atoms in total. The van der Waals surface area contributed by atoms with Crippen molar-refractivity contribution in [1.29, 1.82) is 5.26 Å². The minimum atomic E-state index is -1.58. The highest BCUT2D eigenvalue weighted by atomic mass is 79.9.